The van der Waals surface area contributed by atoms with Gasteiger partial charge in [0.15, 0.2) is 0 Å². The van der Waals surface area contributed by atoms with E-state index in [0.29, 0.717) is 13.1 Å². The first-order chi connectivity index (χ1) is 19.5. The number of rotatable bonds is 25. The van der Waals surface area contributed by atoms with Crippen molar-refractivity contribution in [2.45, 2.75) is 116 Å². The Morgan fingerprint density at radius 1 is 0.707 bits per heavy atom. The van der Waals surface area contributed by atoms with Crippen molar-refractivity contribution in [2.24, 2.45) is 0 Å². The molecule has 244 valence electrons. The summed E-state index contributed by atoms with van der Waals surface area (Å²) in [4.78, 5) is 24.0. The highest BCUT2D eigenvalue weighted by Gasteiger charge is 2.25. The van der Waals surface area contributed by atoms with Gasteiger partial charge in [0.05, 0.1) is 33.4 Å². The third-order valence-corrected chi connectivity index (χ3v) is 7.91. The highest BCUT2D eigenvalue weighted by atomic mass is 127. The van der Waals surface area contributed by atoms with Crippen molar-refractivity contribution in [2.75, 3.05) is 73.3 Å². The van der Waals surface area contributed by atoms with Gasteiger partial charge in [0.25, 0.3) is 0 Å². The second-order valence-electron chi connectivity index (χ2n) is 11.6. The van der Waals surface area contributed by atoms with Gasteiger partial charge in [0.1, 0.15) is 32.4 Å². The molecule has 1 fully saturated rings. The lowest BCUT2D eigenvalue weighted by molar-refractivity contribution is -0.915. The second-order valence-corrected chi connectivity index (χ2v) is 11.6. The van der Waals surface area contributed by atoms with Gasteiger partial charge < -0.3 is 58.0 Å². The van der Waals surface area contributed by atoms with Crippen LogP contribution in [0.25, 0.3) is 0 Å². The van der Waals surface area contributed by atoms with E-state index >= 15 is 0 Å². The zero-order valence-corrected chi connectivity index (χ0v) is 28.7. The molecule has 0 aromatic rings. The molecule has 9 nitrogen and oxygen atoms in total. The number of likely N-dealkylation sites (N-methyl/N-ethyl adjacent to an activating group) is 1. The summed E-state index contributed by atoms with van der Waals surface area (Å²) in [5.74, 6) is 0. The maximum absolute atomic E-state index is 12.0. The van der Waals surface area contributed by atoms with Crippen LogP contribution in [0.5, 0.6) is 0 Å². The molecule has 0 aromatic heterocycles. The van der Waals surface area contributed by atoms with Crippen molar-refractivity contribution >= 4 is 12.2 Å². The van der Waals surface area contributed by atoms with Crippen molar-refractivity contribution in [1.29, 1.82) is 0 Å². The minimum absolute atomic E-state index is 0. The molecule has 1 saturated heterocycles. The molecular weight excluding hydrogens is 637 g/mol. The number of hydrogen-bond donors (Lipinski definition) is 2. The predicted octanol–water partition coefficient (Wildman–Crippen LogP) is 3.20. The first-order valence-electron chi connectivity index (χ1n) is 16.2. The zero-order chi connectivity index (χ0) is 29.2. The summed E-state index contributed by atoms with van der Waals surface area (Å²) in [6, 6.07) is 0. The molecule has 1 heterocycles. The topological polar surface area (TPSA) is 95.1 Å². The lowest BCUT2D eigenvalue weighted by Crippen LogP contribution is -3.00. The van der Waals surface area contributed by atoms with E-state index in [4.69, 9.17) is 18.9 Å². The van der Waals surface area contributed by atoms with Crippen molar-refractivity contribution in [3.05, 3.63) is 0 Å². The Labute approximate surface area is 268 Å². The fourth-order valence-electron chi connectivity index (χ4n) is 4.92. The number of halogens is 1. The van der Waals surface area contributed by atoms with Crippen LogP contribution in [0.3, 0.4) is 0 Å². The van der Waals surface area contributed by atoms with Crippen LogP contribution in [-0.4, -0.2) is 96.1 Å². The third-order valence-electron chi connectivity index (χ3n) is 7.91. The Morgan fingerprint density at radius 3 is 1.56 bits per heavy atom. The van der Waals surface area contributed by atoms with E-state index in [9.17, 15) is 9.59 Å². The van der Waals surface area contributed by atoms with E-state index in [1.54, 1.807) is 0 Å². The lowest BCUT2D eigenvalue weighted by Gasteiger charge is -2.37. The van der Waals surface area contributed by atoms with Crippen LogP contribution >= 0.6 is 0 Å². The summed E-state index contributed by atoms with van der Waals surface area (Å²) in [6.45, 7) is 7.70. The number of morpholine rings is 1. The van der Waals surface area contributed by atoms with Crippen LogP contribution in [0.1, 0.15) is 110 Å². The summed E-state index contributed by atoms with van der Waals surface area (Å²) < 4.78 is 22.0. The molecule has 0 spiro atoms. The number of quaternary nitrogens is 1. The normalized spacial score (nSPS) is 15.0. The number of hydrogen-bond acceptors (Lipinski definition) is 6. The van der Waals surface area contributed by atoms with Crippen LogP contribution in [0, 0.1) is 0 Å². The van der Waals surface area contributed by atoms with Gasteiger partial charge in [-0.3, -0.25) is 0 Å². The van der Waals surface area contributed by atoms with Gasteiger partial charge in [-0.25, -0.2) is 9.59 Å². The Balaban J connectivity index is 0.0000160. The molecule has 2 N–H and O–H groups in total. The Morgan fingerprint density at radius 2 is 1.12 bits per heavy atom. The van der Waals surface area contributed by atoms with Crippen molar-refractivity contribution in [3.8, 4) is 0 Å². The van der Waals surface area contributed by atoms with E-state index in [1.165, 1.54) is 97.0 Å². The molecule has 1 aliphatic rings. The maximum atomic E-state index is 12.0. The quantitative estimate of drug-likeness (QED) is 0.0865. The van der Waals surface area contributed by atoms with Gasteiger partial charge in [0, 0.05) is 13.7 Å². The Bertz CT molecular complexity index is 623. The van der Waals surface area contributed by atoms with E-state index in [1.807, 2.05) is 0 Å². The van der Waals surface area contributed by atoms with Crippen molar-refractivity contribution in [3.63, 3.8) is 0 Å². The molecule has 0 saturated carbocycles. The van der Waals surface area contributed by atoms with E-state index in [0.717, 1.165) is 50.2 Å². The van der Waals surface area contributed by atoms with E-state index in [2.05, 4.69) is 24.6 Å². The Kier molecular flexibility index (Phi) is 27.4. The van der Waals surface area contributed by atoms with E-state index < -0.39 is 18.3 Å². The van der Waals surface area contributed by atoms with Gasteiger partial charge in [0.2, 0.25) is 0 Å². The van der Waals surface area contributed by atoms with Crippen LogP contribution < -0.4 is 34.6 Å². The number of alkyl carbamates (subject to hydrolysis) is 2. The minimum Gasteiger partial charge on any atom is -1.00 e. The fourth-order valence-corrected chi connectivity index (χ4v) is 4.92. The molecule has 0 radical (unpaired) electrons. The molecule has 2 amide bonds. The highest BCUT2D eigenvalue weighted by molar-refractivity contribution is 5.67. The molecule has 0 bridgehead atoms. The average molecular weight is 700 g/mol. The zero-order valence-electron chi connectivity index (χ0n) is 26.5. The molecule has 1 atom stereocenters. The molecule has 1 aliphatic heterocycles. The van der Waals surface area contributed by atoms with Gasteiger partial charge in [-0.15, -0.1) is 0 Å². The number of carbonyl (C=O) groups excluding carboxylic acids is 2. The van der Waals surface area contributed by atoms with Crippen molar-refractivity contribution in [1.82, 2.24) is 10.6 Å². The monoisotopic (exact) mass is 699 g/mol. The Hall–Kier alpha value is -0.850. The molecule has 0 aliphatic carbocycles. The largest absolute Gasteiger partial charge is 1.00 e. The maximum Gasteiger partial charge on any atom is 0.407 e. The molecule has 10 heteroatoms. The molecule has 1 rings (SSSR count). The molecule has 41 heavy (non-hydrogen) atoms. The summed E-state index contributed by atoms with van der Waals surface area (Å²) >= 11 is 0. The van der Waals surface area contributed by atoms with Crippen LogP contribution in [-0.2, 0) is 18.9 Å². The summed E-state index contributed by atoms with van der Waals surface area (Å²) in [7, 11) is 3.67. The van der Waals surface area contributed by atoms with Gasteiger partial charge in [-0.1, -0.05) is 103 Å². The van der Waals surface area contributed by atoms with Gasteiger partial charge in [-0.05, 0) is 6.42 Å². The summed E-state index contributed by atoms with van der Waals surface area (Å²) in [6.07, 6.45) is 19.8. The highest BCUT2D eigenvalue weighted by Crippen LogP contribution is 2.13. The van der Waals surface area contributed by atoms with Gasteiger partial charge >= 0.3 is 12.2 Å². The lowest BCUT2D eigenvalue weighted by atomic mass is 10.0. The number of ether oxygens (including phenoxy) is 4. The van der Waals surface area contributed by atoms with Crippen LogP contribution in [0.2, 0.25) is 0 Å². The molecule has 1 unspecified atom stereocenters. The molecule has 0 aromatic carbocycles. The average Bonchev–Trinajstić information content (AvgIpc) is 2.95. The summed E-state index contributed by atoms with van der Waals surface area (Å²) in [5.41, 5.74) is 0. The SMILES string of the molecule is CCCCCCCCCCCCCCCCCCNC(=O)OCC(COC(=O)NCC[N+]1(C)CCOCC1)OC.[I-]. The van der Waals surface area contributed by atoms with Crippen molar-refractivity contribution < 1.29 is 57.0 Å². The smallest absolute Gasteiger partial charge is 0.407 e. The third kappa shape index (κ3) is 24.3. The fraction of sp³-hybridized carbons (Fsp3) is 0.935. The number of carbonyl (C=O) groups is 2. The predicted molar refractivity (Wildman–Crippen MR) is 161 cm³/mol. The molecular formula is C31H62IN3O6. The van der Waals surface area contributed by atoms with Crippen LogP contribution in [0.4, 0.5) is 9.59 Å². The number of methoxy groups -OCH3 is 1. The standard InChI is InChI=1S/C31H61N3O6.HI/c1-4-5-6-7-8-9-10-11-12-13-14-15-16-17-18-19-20-32-30(35)39-27-29(37-3)28-40-31(36)33-21-22-34(2)23-25-38-26-24-34;/h29H,4-28H2,1-3H3,(H-,32,33,35,36);1H. The first-order valence-corrected chi connectivity index (χ1v) is 16.2. The number of nitrogens with zero attached hydrogens (tertiary/aromatic N) is 1. The number of amides is 2. The minimum atomic E-state index is -0.504. The second kappa shape index (κ2) is 28.0. The van der Waals surface area contributed by atoms with Gasteiger partial charge in [-0.2, -0.15) is 0 Å². The van der Waals surface area contributed by atoms with Crippen LogP contribution in [0.15, 0.2) is 0 Å². The number of unbranched alkanes of at least 4 members (excludes halogenated alkanes) is 15. The number of nitrogens with one attached hydrogen (secondary N) is 2. The first kappa shape index (κ1) is 40.1. The summed E-state index contributed by atoms with van der Waals surface area (Å²) in [5, 5.41) is 5.57. The van der Waals surface area contributed by atoms with E-state index in [-0.39, 0.29) is 37.2 Å².